The van der Waals surface area contributed by atoms with Crippen molar-refractivity contribution < 1.29 is 24.3 Å². The fourth-order valence-corrected chi connectivity index (χ4v) is 1.46. The van der Waals surface area contributed by atoms with E-state index >= 15 is 0 Å². The highest BCUT2D eigenvalue weighted by molar-refractivity contribution is 7.52. The molecule has 0 bridgehead atoms. The van der Waals surface area contributed by atoms with Crippen molar-refractivity contribution in [3.05, 3.63) is 0 Å². The minimum Gasteiger partial charge on any atom is -0.371 e. The molecule has 0 aromatic heterocycles. The van der Waals surface area contributed by atoms with E-state index in [1.54, 1.807) is 0 Å². The Bertz CT molecular complexity index is 224. The molecule has 8 heteroatoms. The van der Waals surface area contributed by atoms with Gasteiger partial charge in [0.2, 0.25) is 0 Å². The molecule has 0 spiro atoms. The lowest BCUT2D eigenvalue weighted by Gasteiger charge is -2.13. The third-order valence-corrected chi connectivity index (χ3v) is 2.36. The van der Waals surface area contributed by atoms with Gasteiger partial charge in [-0.25, -0.2) is 4.79 Å². The second-order valence-corrected chi connectivity index (χ2v) is 3.83. The van der Waals surface area contributed by atoms with Gasteiger partial charge in [-0.15, -0.1) is 0 Å². The number of urea groups is 1. The Morgan fingerprint density at radius 3 is 2.09 bits per heavy atom. The van der Waals surface area contributed by atoms with Gasteiger partial charge in [-0.1, -0.05) is 0 Å². The maximum atomic E-state index is 10.5. The summed E-state index contributed by atoms with van der Waals surface area (Å²) in [6, 6.07) is -0.786. The minimum atomic E-state index is -4.45. The third-order valence-electron chi connectivity index (χ3n) is 1.22. The summed E-state index contributed by atoms with van der Waals surface area (Å²) in [5.74, 6) is -1.53. The molecule has 1 aliphatic rings. The molecular formula is C3H7N2O5P. The summed E-state index contributed by atoms with van der Waals surface area (Å²) in [7, 11) is -4.45. The van der Waals surface area contributed by atoms with Crippen LogP contribution in [0.3, 0.4) is 0 Å². The zero-order chi connectivity index (χ0) is 8.65. The fourth-order valence-electron chi connectivity index (χ4n) is 0.736. The van der Waals surface area contributed by atoms with Crippen LogP contribution in [0.5, 0.6) is 0 Å². The van der Waals surface area contributed by atoms with Crippen molar-refractivity contribution in [2.24, 2.45) is 0 Å². The Hall–Kier alpha value is -0.620. The highest BCUT2D eigenvalue weighted by atomic mass is 31.2. The van der Waals surface area contributed by atoms with Crippen LogP contribution in [-0.2, 0) is 4.57 Å². The molecule has 2 amide bonds. The highest BCUT2D eigenvalue weighted by Gasteiger charge is 2.42. The van der Waals surface area contributed by atoms with Crippen LogP contribution in [0, 0.1) is 0 Å². The normalized spacial score (nSPS) is 31.4. The lowest BCUT2D eigenvalue weighted by atomic mass is 10.6. The maximum absolute atomic E-state index is 10.5. The van der Waals surface area contributed by atoms with Crippen LogP contribution in [0.15, 0.2) is 0 Å². The molecule has 0 aromatic rings. The first-order chi connectivity index (χ1) is 4.91. The SMILES string of the molecule is O=C1NC(O)C(P(=O)(O)O)N1. The number of hydrogen-bond acceptors (Lipinski definition) is 3. The lowest BCUT2D eigenvalue weighted by molar-refractivity contribution is 0.152. The van der Waals surface area contributed by atoms with Crippen molar-refractivity contribution in [2.45, 2.75) is 12.0 Å². The van der Waals surface area contributed by atoms with E-state index in [0.717, 1.165) is 0 Å². The molecule has 64 valence electrons. The van der Waals surface area contributed by atoms with Gasteiger partial charge in [0, 0.05) is 0 Å². The topological polar surface area (TPSA) is 119 Å². The predicted molar refractivity (Wildman–Crippen MR) is 33.5 cm³/mol. The zero-order valence-corrected chi connectivity index (χ0v) is 6.15. The predicted octanol–water partition coefficient (Wildman–Crippen LogP) is -1.88. The van der Waals surface area contributed by atoms with Crippen LogP contribution in [-0.4, -0.2) is 32.9 Å². The van der Waals surface area contributed by atoms with Crippen LogP contribution in [0.4, 0.5) is 4.79 Å². The second-order valence-electron chi connectivity index (χ2n) is 2.10. The molecule has 0 aliphatic carbocycles. The molecule has 0 aromatic carbocycles. The molecule has 5 N–H and O–H groups in total. The molecule has 0 radical (unpaired) electrons. The number of aliphatic hydroxyl groups is 1. The smallest absolute Gasteiger partial charge is 0.352 e. The first-order valence-corrected chi connectivity index (χ1v) is 4.40. The molecule has 2 atom stereocenters. The third kappa shape index (κ3) is 1.69. The Morgan fingerprint density at radius 1 is 1.36 bits per heavy atom. The Morgan fingerprint density at radius 2 is 1.91 bits per heavy atom. The van der Waals surface area contributed by atoms with Gasteiger partial charge in [-0.3, -0.25) is 4.57 Å². The summed E-state index contributed by atoms with van der Waals surface area (Å²) in [5, 5.41) is 12.6. The molecule has 1 saturated heterocycles. The number of amides is 2. The van der Waals surface area contributed by atoms with Gasteiger partial charge in [-0.2, -0.15) is 0 Å². The standard InChI is InChI=1S/C3H7N2O5P/c6-1-2(11(8,9)10)5-3(7)4-1/h1-2,6H,(H2,4,5,7)(H2,8,9,10). The van der Waals surface area contributed by atoms with E-state index < -0.39 is 25.6 Å². The van der Waals surface area contributed by atoms with Crippen LogP contribution >= 0.6 is 7.60 Å². The summed E-state index contributed by atoms with van der Waals surface area (Å²) in [6.45, 7) is 0. The summed E-state index contributed by atoms with van der Waals surface area (Å²) >= 11 is 0. The van der Waals surface area contributed by atoms with Crippen molar-refractivity contribution in [3.63, 3.8) is 0 Å². The van der Waals surface area contributed by atoms with Crippen molar-refractivity contribution in [1.29, 1.82) is 0 Å². The Labute approximate surface area is 61.6 Å². The van der Waals surface area contributed by atoms with Crippen molar-refractivity contribution in [1.82, 2.24) is 10.6 Å². The lowest BCUT2D eigenvalue weighted by Crippen LogP contribution is -2.32. The molecule has 1 rings (SSSR count). The largest absolute Gasteiger partial charge is 0.371 e. The first kappa shape index (κ1) is 8.48. The molecule has 1 heterocycles. The van der Waals surface area contributed by atoms with Gasteiger partial charge >= 0.3 is 13.6 Å². The number of nitrogens with one attached hydrogen (secondary N) is 2. The summed E-state index contributed by atoms with van der Waals surface area (Å²) in [6.07, 6.45) is -1.52. The molecule has 2 unspecified atom stereocenters. The van der Waals surface area contributed by atoms with Gasteiger partial charge in [0.05, 0.1) is 0 Å². The summed E-state index contributed by atoms with van der Waals surface area (Å²) < 4.78 is 10.5. The van der Waals surface area contributed by atoms with Gasteiger partial charge < -0.3 is 25.5 Å². The average Bonchev–Trinajstić information content (AvgIpc) is 2.08. The molecule has 7 nitrogen and oxygen atoms in total. The minimum absolute atomic E-state index is 0.786. The van der Waals surface area contributed by atoms with E-state index in [4.69, 9.17) is 14.9 Å². The number of aliphatic hydroxyl groups excluding tert-OH is 1. The van der Waals surface area contributed by atoms with Crippen molar-refractivity contribution >= 4 is 13.6 Å². The molecule has 1 fully saturated rings. The van der Waals surface area contributed by atoms with Crippen molar-refractivity contribution in [2.75, 3.05) is 0 Å². The van der Waals surface area contributed by atoms with Crippen LogP contribution < -0.4 is 10.6 Å². The van der Waals surface area contributed by atoms with E-state index in [-0.39, 0.29) is 0 Å². The summed E-state index contributed by atoms with van der Waals surface area (Å²) in [5.41, 5.74) is 0. The summed E-state index contributed by atoms with van der Waals surface area (Å²) in [4.78, 5) is 27.4. The Kier molecular flexibility index (Phi) is 1.89. The van der Waals surface area contributed by atoms with E-state index in [2.05, 4.69) is 0 Å². The highest BCUT2D eigenvalue weighted by Crippen LogP contribution is 2.41. The van der Waals surface area contributed by atoms with Crippen LogP contribution in [0.25, 0.3) is 0 Å². The van der Waals surface area contributed by atoms with E-state index in [9.17, 15) is 9.36 Å². The van der Waals surface area contributed by atoms with E-state index in [1.807, 2.05) is 10.6 Å². The fraction of sp³-hybridized carbons (Fsp3) is 0.667. The number of rotatable bonds is 1. The first-order valence-electron chi connectivity index (χ1n) is 2.71. The molecule has 11 heavy (non-hydrogen) atoms. The second kappa shape index (κ2) is 2.46. The molecule has 1 aliphatic heterocycles. The zero-order valence-electron chi connectivity index (χ0n) is 5.26. The van der Waals surface area contributed by atoms with Crippen molar-refractivity contribution in [3.8, 4) is 0 Å². The van der Waals surface area contributed by atoms with Gasteiger partial charge in [0.25, 0.3) is 0 Å². The van der Waals surface area contributed by atoms with Crippen LogP contribution in [0.2, 0.25) is 0 Å². The maximum Gasteiger partial charge on any atom is 0.352 e. The van der Waals surface area contributed by atoms with Crippen LogP contribution in [0.1, 0.15) is 0 Å². The van der Waals surface area contributed by atoms with E-state index in [0.29, 0.717) is 0 Å². The Balaban J connectivity index is 2.76. The number of hydrogen-bond donors (Lipinski definition) is 5. The van der Waals surface area contributed by atoms with E-state index in [1.165, 1.54) is 0 Å². The quantitative estimate of drug-likeness (QED) is 0.304. The molecule has 0 saturated carbocycles. The monoisotopic (exact) mass is 182 g/mol. The average molecular weight is 182 g/mol. The number of carbonyl (C=O) groups excluding carboxylic acids is 1. The van der Waals surface area contributed by atoms with Gasteiger partial charge in [-0.05, 0) is 0 Å². The molecular weight excluding hydrogens is 175 g/mol. The van der Waals surface area contributed by atoms with Gasteiger partial charge in [0.1, 0.15) is 0 Å². The van der Waals surface area contributed by atoms with Gasteiger partial charge in [0.15, 0.2) is 12.0 Å². The number of carbonyl (C=O) groups is 1.